The summed E-state index contributed by atoms with van der Waals surface area (Å²) in [4.78, 5) is 4.36. The Morgan fingerprint density at radius 1 is 1.12 bits per heavy atom. The quantitative estimate of drug-likeness (QED) is 0.803. The third kappa shape index (κ3) is 4.34. The molecule has 1 aromatic heterocycles. The Morgan fingerprint density at radius 2 is 1.88 bits per heavy atom. The molecule has 0 saturated carbocycles. The summed E-state index contributed by atoms with van der Waals surface area (Å²) in [5.74, 6) is 0.787. The Hall–Kier alpha value is -2.13. The number of rotatable bonds is 5. The molecular formula is C17H21N3O4S2. The standard InChI is InChI=1S/C17H21N3O4S2/c1-12-3-5-16(9-13(12)2)26(23,24)20-14-4-6-17(18-10-14)19-15-7-8-25(21,22)11-15/h3-6,9-10,15,20H,7-8,11H2,1-2H3,(H,18,19). The summed E-state index contributed by atoms with van der Waals surface area (Å²) >= 11 is 0. The maximum absolute atomic E-state index is 12.5. The fourth-order valence-corrected chi connectivity index (χ4v) is 5.55. The first kappa shape index (κ1) is 18.7. The van der Waals surface area contributed by atoms with Crippen molar-refractivity contribution in [1.29, 1.82) is 0 Å². The van der Waals surface area contributed by atoms with Gasteiger partial charge in [-0.2, -0.15) is 0 Å². The van der Waals surface area contributed by atoms with Crippen LogP contribution in [0.15, 0.2) is 41.4 Å². The minimum Gasteiger partial charge on any atom is -0.366 e. The van der Waals surface area contributed by atoms with E-state index in [-0.39, 0.29) is 22.4 Å². The van der Waals surface area contributed by atoms with Crippen LogP contribution in [0.2, 0.25) is 0 Å². The first-order valence-electron chi connectivity index (χ1n) is 8.18. The predicted molar refractivity (Wildman–Crippen MR) is 102 cm³/mol. The van der Waals surface area contributed by atoms with Crippen molar-refractivity contribution in [2.45, 2.75) is 31.2 Å². The number of aromatic nitrogens is 1. The van der Waals surface area contributed by atoms with Crippen LogP contribution in [0, 0.1) is 13.8 Å². The van der Waals surface area contributed by atoms with Crippen LogP contribution in [-0.4, -0.2) is 39.4 Å². The minimum absolute atomic E-state index is 0.0931. The number of nitrogens with zero attached hydrogens (tertiary/aromatic N) is 1. The van der Waals surface area contributed by atoms with Gasteiger partial charge >= 0.3 is 0 Å². The zero-order chi connectivity index (χ0) is 18.9. The zero-order valence-corrected chi connectivity index (χ0v) is 16.2. The molecule has 0 amide bonds. The molecule has 0 bridgehead atoms. The highest BCUT2D eigenvalue weighted by Gasteiger charge is 2.27. The highest BCUT2D eigenvalue weighted by molar-refractivity contribution is 7.92. The van der Waals surface area contributed by atoms with Crippen LogP contribution in [0.3, 0.4) is 0 Å². The summed E-state index contributed by atoms with van der Waals surface area (Å²) in [5, 5.41) is 3.06. The lowest BCUT2D eigenvalue weighted by Crippen LogP contribution is -2.21. The fraction of sp³-hybridized carbons (Fsp3) is 0.353. The second-order valence-electron chi connectivity index (χ2n) is 6.53. The highest BCUT2D eigenvalue weighted by Crippen LogP contribution is 2.20. The number of hydrogen-bond acceptors (Lipinski definition) is 6. The molecule has 3 rings (SSSR count). The van der Waals surface area contributed by atoms with Crippen molar-refractivity contribution in [1.82, 2.24) is 4.98 Å². The second kappa shape index (κ2) is 6.88. The van der Waals surface area contributed by atoms with Gasteiger partial charge in [-0.15, -0.1) is 0 Å². The van der Waals surface area contributed by atoms with Gasteiger partial charge in [0.25, 0.3) is 10.0 Å². The van der Waals surface area contributed by atoms with Crippen molar-refractivity contribution in [2.75, 3.05) is 21.5 Å². The number of aryl methyl sites for hydroxylation is 2. The Bertz CT molecular complexity index is 1020. The van der Waals surface area contributed by atoms with Crippen molar-refractivity contribution in [2.24, 2.45) is 0 Å². The molecule has 2 heterocycles. The molecule has 9 heteroatoms. The van der Waals surface area contributed by atoms with Crippen molar-refractivity contribution < 1.29 is 16.8 Å². The molecule has 1 atom stereocenters. The summed E-state index contributed by atoms with van der Waals surface area (Å²) in [7, 11) is -6.66. The summed E-state index contributed by atoms with van der Waals surface area (Å²) in [6, 6.07) is 8.02. The molecule has 2 aromatic rings. The van der Waals surface area contributed by atoms with Crippen LogP contribution in [0.1, 0.15) is 17.5 Å². The smallest absolute Gasteiger partial charge is 0.261 e. The van der Waals surface area contributed by atoms with Crippen LogP contribution in [0.5, 0.6) is 0 Å². The summed E-state index contributed by atoms with van der Waals surface area (Å²) in [6.45, 7) is 3.78. The number of sulfone groups is 1. The van der Waals surface area contributed by atoms with Crippen LogP contribution in [0.4, 0.5) is 11.5 Å². The molecule has 2 N–H and O–H groups in total. The number of nitrogens with one attached hydrogen (secondary N) is 2. The number of anilines is 2. The molecule has 1 aliphatic heterocycles. The van der Waals surface area contributed by atoms with Gasteiger partial charge in [0, 0.05) is 6.04 Å². The van der Waals surface area contributed by atoms with Gasteiger partial charge in [-0.3, -0.25) is 4.72 Å². The monoisotopic (exact) mass is 395 g/mol. The van der Waals surface area contributed by atoms with Gasteiger partial charge < -0.3 is 5.32 Å². The minimum atomic E-state index is -3.69. The van der Waals surface area contributed by atoms with Crippen LogP contribution in [0.25, 0.3) is 0 Å². The van der Waals surface area contributed by atoms with Crippen LogP contribution < -0.4 is 10.0 Å². The average Bonchev–Trinajstić information content (AvgIpc) is 2.90. The van der Waals surface area contributed by atoms with E-state index in [9.17, 15) is 16.8 Å². The van der Waals surface area contributed by atoms with Crippen molar-refractivity contribution in [3.63, 3.8) is 0 Å². The maximum Gasteiger partial charge on any atom is 0.261 e. The van der Waals surface area contributed by atoms with Crippen LogP contribution in [-0.2, 0) is 19.9 Å². The molecule has 1 saturated heterocycles. The van der Waals surface area contributed by atoms with Crippen molar-refractivity contribution >= 4 is 31.4 Å². The van der Waals surface area contributed by atoms with Gasteiger partial charge in [-0.05, 0) is 55.7 Å². The van der Waals surface area contributed by atoms with E-state index in [0.717, 1.165) is 11.1 Å². The number of hydrogen-bond donors (Lipinski definition) is 2. The van der Waals surface area contributed by atoms with Gasteiger partial charge in [0.05, 0.1) is 28.3 Å². The van der Waals surface area contributed by atoms with E-state index < -0.39 is 19.9 Å². The van der Waals surface area contributed by atoms with E-state index >= 15 is 0 Å². The molecule has 0 radical (unpaired) electrons. The first-order valence-corrected chi connectivity index (χ1v) is 11.5. The van der Waals surface area contributed by atoms with E-state index in [1.165, 1.54) is 6.20 Å². The molecule has 140 valence electrons. The maximum atomic E-state index is 12.5. The molecule has 1 aliphatic rings. The van der Waals surface area contributed by atoms with Crippen molar-refractivity contribution in [3.05, 3.63) is 47.7 Å². The first-order chi connectivity index (χ1) is 12.1. The topological polar surface area (TPSA) is 105 Å². The van der Waals surface area contributed by atoms with Gasteiger partial charge in [-0.25, -0.2) is 21.8 Å². The number of benzene rings is 1. The molecule has 1 unspecified atom stereocenters. The Balaban J connectivity index is 1.69. The molecule has 7 nitrogen and oxygen atoms in total. The summed E-state index contributed by atoms with van der Waals surface area (Å²) in [5.41, 5.74) is 2.26. The second-order valence-corrected chi connectivity index (χ2v) is 10.4. The lowest BCUT2D eigenvalue weighted by molar-refractivity contribution is 0.599. The number of sulfonamides is 1. The molecular weight excluding hydrogens is 374 g/mol. The van der Waals surface area contributed by atoms with Gasteiger partial charge in [0.2, 0.25) is 0 Å². The third-order valence-corrected chi connectivity index (χ3v) is 7.54. The lowest BCUT2D eigenvalue weighted by atomic mass is 10.1. The Morgan fingerprint density at radius 3 is 2.46 bits per heavy atom. The van der Waals surface area contributed by atoms with Gasteiger partial charge in [-0.1, -0.05) is 6.07 Å². The lowest BCUT2D eigenvalue weighted by Gasteiger charge is -2.13. The van der Waals surface area contributed by atoms with Gasteiger partial charge in [0.15, 0.2) is 9.84 Å². The predicted octanol–water partition coefficient (Wildman–Crippen LogP) is 2.10. The van der Waals surface area contributed by atoms with Gasteiger partial charge in [0.1, 0.15) is 5.82 Å². The van der Waals surface area contributed by atoms with Crippen molar-refractivity contribution in [3.8, 4) is 0 Å². The van der Waals surface area contributed by atoms with E-state index in [4.69, 9.17) is 0 Å². The molecule has 1 aromatic carbocycles. The largest absolute Gasteiger partial charge is 0.366 e. The molecule has 0 aliphatic carbocycles. The van der Waals surface area contributed by atoms with E-state index in [0.29, 0.717) is 17.9 Å². The van der Waals surface area contributed by atoms with Crippen LogP contribution >= 0.6 is 0 Å². The average molecular weight is 396 g/mol. The third-order valence-electron chi connectivity index (χ3n) is 4.39. The molecule has 26 heavy (non-hydrogen) atoms. The SMILES string of the molecule is Cc1ccc(S(=O)(=O)Nc2ccc(NC3CCS(=O)(=O)C3)nc2)cc1C. The number of pyridine rings is 1. The van der Waals surface area contributed by atoms with E-state index in [1.807, 2.05) is 13.8 Å². The Kier molecular flexibility index (Phi) is 4.94. The normalized spacial score (nSPS) is 19.2. The molecule has 1 fully saturated rings. The summed E-state index contributed by atoms with van der Waals surface area (Å²) in [6.07, 6.45) is 1.95. The molecule has 0 spiro atoms. The zero-order valence-electron chi connectivity index (χ0n) is 14.6. The fourth-order valence-electron chi connectivity index (χ4n) is 2.75. The van der Waals surface area contributed by atoms with E-state index in [2.05, 4.69) is 15.0 Å². The van der Waals surface area contributed by atoms with E-state index in [1.54, 1.807) is 30.3 Å². The highest BCUT2D eigenvalue weighted by atomic mass is 32.2. The Labute approximate surface area is 153 Å². The summed E-state index contributed by atoms with van der Waals surface area (Å²) < 4.78 is 50.4.